The standard InChI is InChI=1S/C63H39N5/c1-5-20-40(21-6-1)61-64-62(41-22-7-2-8-23-41)66-63(65-61)52-39-42(38-51-48-30-14-13-28-46(48)47-29-15-16-31-49(47)57(51)52)45-33-19-35-54-58(45)60-56(68(54)44-26-11-4-12-27-44)37-36-55-59(60)50-32-17-18-34-53(50)67(55)43-24-9-3-10-25-43/h1-39H. The maximum atomic E-state index is 5.40. The van der Waals surface area contributed by atoms with Gasteiger partial charge in [0.05, 0.1) is 22.1 Å². The molecular weight excluding hydrogens is 827 g/mol. The molecule has 0 unspecified atom stereocenters. The van der Waals surface area contributed by atoms with Gasteiger partial charge in [-0.05, 0) is 98.7 Å². The van der Waals surface area contributed by atoms with Crippen molar-refractivity contribution in [2.24, 2.45) is 0 Å². The minimum Gasteiger partial charge on any atom is -0.309 e. The first kappa shape index (κ1) is 38.1. The Morgan fingerprint density at radius 3 is 1.29 bits per heavy atom. The van der Waals surface area contributed by atoms with Crippen LogP contribution in [0.15, 0.2) is 237 Å². The number of rotatable bonds is 6. The van der Waals surface area contributed by atoms with Crippen molar-refractivity contribution < 1.29 is 0 Å². The van der Waals surface area contributed by atoms with Crippen LogP contribution >= 0.6 is 0 Å². The molecule has 3 aromatic heterocycles. The van der Waals surface area contributed by atoms with E-state index in [4.69, 9.17) is 15.0 Å². The van der Waals surface area contributed by atoms with Crippen LogP contribution in [0.2, 0.25) is 0 Å². The zero-order valence-electron chi connectivity index (χ0n) is 36.8. The van der Waals surface area contributed by atoms with E-state index in [0.29, 0.717) is 17.5 Å². The molecule has 11 aromatic carbocycles. The lowest BCUT2D eigenvalue weighted by molar-refractivity contribution is 1.08. The summed E-state index contributed by atoms with van der Waals surface area (Å²) in [6.45, 7) is 0. The summed E-state index contributed by atoms with van der Waals surface area (Å²) in [6, 6.07) is 84.6. The quantitative estimate of drug-likeness (QED) is 0.156. The molecule has 0 spiro atoms. The summed E-state index contributed by atoms with van der Waals surface area (Å²) < 4.78 is 4.86. The van der Waals surface area contributed by atoms with Gasteiger partial charge in [-0.2, -0.15) is 0 Å². The predicted molar refractivity (Wildman–Crippen MR) is 283 cm³/mol. The number of aromatic nitrogens is 5. The van der Waals surface area contributed by atoms with Gasteiger partial charge in [0, 0.05) is 55.0 Å². The number of para-hydroxylation sites is 3. The van der Waals surface area contributed by atoms with Gasteiger partial charge < -0.3 is 9.13 Å². The number of benzene rings is 11. The molecule has 0 saturated heterocycles. The van der Waals surface area contributed by atoms with Crippen molar-refractivity contribution in [3.8, 4) is 56.7 Å². The number of hydrogen-bond acceptors (Lipinski definition) is 3. The van der Waals surface area contributed by atoms with E-state index in [1.54, 1.807) is 0 Å². The molecule has 14 aromatic rings. The lowest BCUT2D eigenvalue weighted by Gasteiger charge is -2.17. The van der Waals surface area contributed by atoms with Crippen molar-refractivity contribution in [2.45, 2.75) is 0 Å². The normalized spacial score (nSPS) is 11.8. The smallest absolute Gasteiger partial charge is 0.164 e. The first-order chi connectivity index (χ1) is 33.8. The zero-order valence-corrected chi connectivity index (χ0v) is 36.8. The van der Waals surface area contributed by atoms with Crippen LogP contribution in [-0.4, -0.2) is 24.1 Å². The van der Waals surface area contributed by atoms with Crippen LogP contribution in [0, 0.1) is 0 Å². The molecule has 5 nitrogen and oxygen atoms in total. The van der Waals surface area contributed by atoms with Crippen LogP contribution in [0.25, 0.3) is 133 Å². The topological polar surface area (TPSA) is 48.5 Å². The van der Waals surface area contributed by atoms with Crippen LogP contribution in [-0.2, 0) is 0 Å². The van der Waals surface area contributed by atoms with E-state index < -0.39 is 0 Å². The molecule has 0 saturated carbocycles. The third-order valence-electron chi connectivity index (χ3n) is 13.7. The van der Waals surface area contributed by atoms with Crippen molar-refractivity contribution >= 4 is 75.9 Å². The van der Waals surface area contributed by atoms with Crippen LogP contribution in [0.4, 0.5) is 0 Å². The highest BCUT2D eigenvalue weighted by Gasteiger charge is 2.25. The third kappa shape index (κ3) is 5.79. The molecule has 5 heteroatoms. The molecule has 0 N–H and O–H groups in total. The summed E-state index contributed by atoms with van der Waals surface area (Å²) in [5.74, 6) is 1.88. The lowest BCUT2D eigenvalue weighted by Crippen LogP contribution is -2.01. The van der Waals surface area contributed by atoms with Gasteiger partial charge in [0.15, 0.2) is 17.5 Å². The van der Waals surface area contributed by atoms with E-state index in [2.05, 4.69) is 209 Å². The number of hydrogen-bond donors (Lipinski definition) is 0. The first-order valence-electron chi connectivity index (χ1n) is 23.1. The number of fused-ring (bicyclic) bond motifs is 13. The van der Waals surface area contributed by atoms with E-state index in [0.717, 1.165) is 71.9 Å². The fourth-order valence-electron chi connectivity index (χ4n) is 10.9. The average molecular weight is 866 g/mol. The van der Waals surface area contributed by atoms with Gasteiger partial charge in [-0.1, -0.05) is 176 Å². The van der Waals surface area contributed by atoms with Crippen LogP contribution in [0.5, 0.6) is 0 Å². The van der Waals surface area contributed by atoms with Crippen molar-refractivity contribution in [1.82, 2.24) is 24.1 Å². The van der Waals surface area contributed by atoms with E-state index in [-0.39, 0.29) is 0 Å². The molecule has 68 heavy (non-hydrogen) atoms. The highest BCUT2D eigenvalue weighted by molar-refractivity contribution is 6.33. The van der Waals surface area contributed by atoms with Gasteiger partial charge in [-0.15, -0.1) is 0 Å². The Morgan fingerprint density at radius 2 is 0.676 bits per heavy atom. The Hall–Kier alpha value is -9.19. The molecule has 0 aliphatic heterocycles. The molecular formula is C63H39N5. The van der Waals surface area contributed by atoms with Gasteiger partial charge in [-0.25, -0.2) is 15.0 Å². The molecule has 316 valence electrons. The third-order valence-corrected chi connectivity index (χ3v) is 13.7. The summed E-state index contributed by atoms with van der Waals surface area (Å²) >= 11 is 0. The monoisotopic (exact) mass is 865 g/mol. The van der Waals surface area contributed by atoms with Crippen molar-refractivity contribution in [3.63, 3.8) is 0 Å². The second kappa shape index (κ2) is 15.2. The Labute approximate surface area is 391 Å². The van der Waals surface area contributed by atoms with Crippen LogP contribution in [0.3, 0.4) is 0 Å². The summed E-state index contributed by atoms with van der Waals surface area (Å²) in [6.07, 6.45) is 0. The molecule has 14 rings (SSSR count). The molecule has 0 fully saturated rings. The van der Waals surface area contributed by atoms with Crippen molar-refractivity contribution in [3.05, 3.63) is 237 Å². The Balaban J connectivity index is 1.16. The number of nitrogens with zero attached hydrogens (tertiary/aromatic N) is 5. The Morgan fingerprint density at radius 1 is 0.235 bits per heavy atom. The second-order valence-corrected chi connectivity index (χ2v) is 17.5. The molecule has 0 radical (unpaired) electrons. The summed E-state index contributed by atoms with van der Waals surface area (Å²) in [7, 11) is 0. The van der Waals surface area contributed by atoms with Gasteiger partial charge in [0.25, 0.3) is 0 Å². The minimum atomic E-state index is 0.622. The summed E-state index contributed by atoms with van der Waals surface area (Å²) in [5.41, 5.74) is 11.9. The van der Waals surface area contributed by atoms with Gasteiger partial charge in [0.1, 0.15) is 0 Å². The second-order valence-electron chi connectivity index (χ2n) is 17.5. The SMILES string of the molecule is c1ccc(-c2nc(-c3ccccc3)nc(-c3cc(-c4cccc5c4c4c6c7ccccc7n(-c7ccccc7)c6ccc4n5-c4ccccc4)cc4c5ccccc5c5ccccc5c34)n2)cc1. The lowest BCUT2D eigenvalue weighted by atomic mass is 9.87. The molecule has 0 aliphatic carbocycles. The van der Waals surface area contributed by atoms with Crippen molar-refractivity contribution in [1.29, 1.82) is 0 Å². The van der Waals surface area contributed by atoms with Crippen LogP contribution in [0.1, 0.15) is 0 Å². The van der Waals surface area contributed by atoms with Crippen molar-refractivity contribution in [2.75, 3.05) is 0 Å². The molecule has 0 aliphatic rings. The van der Waals surface area contributed by atoms with Gasteiger partial charge in [-0.3, -0.25) is 0 Å². The van der Waals surface area contributed by atoms with E-state index in [9.17, 15) is 0 Å². The predicted octanol–water partition coefficient (Wildman–Crippen LogP) is 16.2. The van der Waals surface area contributed by atoms with E-state index in [1.807, 2.05) is 36.4 Å². The molecule has 3 heterocycles. The van der Waals surface area contributed by atoms with E-state index in [1.165, 1.54) is 43.2 Å². The average Bonchev–Trinajstić information content (AvgIpc) is 3.94. The Bertz CT molecular complexity index is 4230. The summed E-state index contributed by atoms with van der Waals surface area (Å²) in [4.78, 5) is 15.9. The first-order valence-corrected chi connectivity index (χ1v) is 23.1. The fourth-order valence-corrected chi connectivity index (χ4v) is 10.9. The van der Waals surface area contributed by atoms with Crippen LogP contribution < -0.4 is 0 Å². The largest absolute Gasteiger partial charge is 0.309 e. The molecule has 0 atom stereocenters. The molecule has 0 amide bonds. The van der Waals surface area contributed by atoms with Gasteiger partial charge >= 0.3 is 0 Å². The fraction of sp³-hybridized carbons (Fsp3) is 0. The highest BCUT2D eigenvalue weighted by atomic mass is 15.0. The molecule has 0 bridgehead atoms. The maximum Gasteiger partial charge on any atom is 0.164 e. The highest BCUT2D eigenvalue weighted by Crippen LogP contribution is 2.48. The van der Waals surface area contributed by atoms with Gasteiger partial charge in [0.2, 0.25) is 0 Å². The summed E-state index contributed by atoms with van der Waals surface area (Å²) in [5, 5.41) is 11.8. The maximum absolute atomic E-state index is 5.40. The Kier molecular flexibility index (Phi) is 8.52. The van der Waals surface area contributed by atoms with E-state index >= 15 is 0 Å². The minimum absolute atomic E-state index is 0.622. The zero-order chi connectivity index (χ0) is 44.7.